The highest BCUT2D eigenvalue weighted by Crippen LogP contribution is 2.40. The summed E-state index contributed by atoms with van der Waals surface area (Å²) in [5.41, 5.74) is 0.861. The van der Waals surface area contributed by atoms with Crippen molar-refractivity contribution in [3.63, 3.8) is 0 Å². The van der Waals surface area contributed by atoms with Gasteiger partial charge in [-0.25, -0.2) is 14.2 Å². The molecule has 2 aromatic heterocycles. The molecule has 1 N–H and O–H groups in total. The van der Waals surface area contributed by atoms with Gasteiger partial charge in [0.15, 0.2) is 5.82 Å². The van der Waals surface area contributed by atoms with Crippen LogP contribution in [0.1, 0.15) is 25.7 Å². The van der Waals surface area contributed by atoms with Crippen LogP contribution in [0.4, 0.5) is 20.8 Å². The Balaban J connectivity index is 1.14. The van der Waals surface area contributed by atoms with Gasteiger partial charge in [-0.3, -0.25) is 4.90 Å². The maximum absolute atomic E-state index is 14.0. The molecule has 164 valence electrons. The maximum atomic E-state index is 14.0. The molecule has 1 saturated carbocycles. The van der Waals surface area contributed by atoms with Gasteiger partial charge >= 0.3 is 6.09 Å². The van der Waals surface area contributed by atoms with Gasteiger partial charge in [0.25, 0.3) is 0 Å². The number of halogens is 1. The molecule has 1 aliphatic carbocycles. The zero-order valence-electron chi connectivity index (χ0n) is 17.6. The Kier molecular flexibility index (Phi) is 5.43. The van der Waals surface area contributed by atoms with Gasteiger partial charge in [0.2, 0.25) is 0 Å². The number of aromatic nitrogens is 3. The van der Waals surface area contributed by atoms with Crippen LogP contribution in [0, 0.1) is 11.7 Å². The summed E-state index contributed by atoms with van der Waals surface area (Å²) in [5.74, 6) is 1.52. The van der Waals surface area contributed by atoms with Crippen LogP contribution in [0.15, 0.2) is 60.9 Å². The Morgan fingerprint density at radius 3 is 2.69 bits per heavy atom. The SMILES string of the molecule is O=C1OC2(CCC(CNc3ccc(-c4ccccc4F)cn3)CC2)CN1c1cccnn1. The number of nitrogens with one attached hydrogen (secondary N) is 1. The fraction of sp³-hybridized carbons (Fsp3) is 0.333. The van der Waals surface area contributed by atoms with E-state index in [1.54, 1.807) is 41.6 Å². The first-order chi connectivity index (χ1) is 15.6. The number of hydrogen-bond donors (Lipinski definition) is 1. The number of amides is 1. The van der Waals surface area contributed by atoms with Crippen LogP contribution in [-0.2, 0) is 4.74 Å². The molecule has 1 spiro atoms. The molecule has 32 heavy (non-hydrogen) atoms. The minimum atomic E-state index is -0.440. The van der Waals surface area contributed by atoms with Gasteiger partial charge in [-0.05, 0) is 61.9 Å². The molecular formula is C24H24FN5O2. The summed E-state index contributed by atoms with van der Waals surface area (Å²) in [6.45, 7) is 1.31. The van der Waals surface area contributed by atoms with Crippen molar-refractivity contribution in [2.24, 2.45) is 5.92 Å². The molecule has 1 aromatic carbocycles. The van der Waals surface area contributed by atoms with Gasteiger partial charge in [0.1, 0.15) is 17.2 Å². The summed E-state index contributed by atoms with van der Waals surface area (Å²) in [4.78, 5) is 18.4. The minimum absolute atomic E-state index is 0.253. The average molecular weight is 433 g/mol. The highest BCUT2D eigenvalue weighted by Gasteiger charge is 2.48. The van der Waals surface area contributed by atoms with Crippen LogP contribution >= 0.6 is 0 Å². The maximum Gasteiger partial charge on any atom is 0.416 e. The molecule has 2 fully saturated rings. The van der Waals surface area contributed by atoms with Crippen LogP contribution in [-0.4, -0.2) is 40.0 Å². The van der Waals surface area contributed by atoms with Crippen molar-refractivity contribution < 1.29 is 13.9 Å². The number of ether oxygens (including phenoxy) is 1. The molecule has 3 heterocycles. The highest BCUT2D eigenvalue weighted by molar-refractivity contribution is 5.89. The topological polar surface area (TPSA) is 80.2 Å². The Morgan fingerprint density at radius 1 is 1.12 bits per heavy atom. The molecule has 1 amide bonds. The van der Waals surface area contributed by atoms with E-state index in [2.05, 4.69) is 20.5 Å². The Labute approximate surface area is 185 Å². The van der Waals surface area contributed by atoms with E-state index in [4.69, 9.17) is 4.74 Å². The number of pyridine rings is 1. The third-order valence-electron chi connectivity index (χ3n) is 6.34. The molecule has 0 unspecified atom stereocenters. The minimum Gasteiger partial charge on any atom is -0.441 e. The standard InChI is InChI=1S/C24H24FN5O2/c25-20-5-2-1-4-19(20)18-7-8-21(27-15-18)26-14-17-9-11-24(12-10-17)16-30(23(31)32-24)22-6-3-13-28-29-22/h1-8,13,15,17H,9-12,14,16H2,(H,26,27). The van der Waals surface area contributed by atoms with E-state index in [9.17, 15) is 9.18 Å². The van der Waals surface area contributed by atoms with Gasteiger partial charge < -0.3 is 10.1 Å². The van der Waals surface area contributed by atoms with Gasteiger partial charge in [-0.15, -0.1) is 5.10 Å². The quantitative estimate of drug-likeness (QED) is 0.630. The van der Waals surface area contributed by atoms with E-state index < -0.39 is 5.60 Å². The molecule has 8 heteroatoms. The first-order valence-electron chi connectivity index (χ1n) is 10.8. The van der Waals surface area contributed by atoms with Crippen molar-refractivity contribution >= 4 is 17.7 Å². The van der Waals surface area contributed by atoms with Gasteiger partial charge in [-0.2, -0.15) is 5.10 Å². The predicted octanol–water partition coefficient (Wildman–Crippen LogP) is 4.68. The number of rotatable bonds is 5. The lowest BCUT2D eigenvalue weighted by Crippen LogP contribution is -2.39. The summed E-state index contributed by atoms with van der Waals surface area (Å²) in [6, 6.07) is 14.0. The van der Waals surface area contributed by atoms with E-state index in [0.717, 1.165) is 43.6 Å². The molecule has 0 atom stereocenters. The summed E-state index contributed by atoms with van der Waals surface area (Å²) < 4.78 is 19.7. The van der Waals surface area contributed by atoms with Crippen LogP contribution in [0.5, 0.6) is 0 Å². The normalized spacial score (nSPS) is 22.7. The Bertz CT molecular complexity index is 1090. The first-order valence-corrected chi connectivity index (χ1v) is 10.8. The molecule has 3 aromatic rings. The predicted molar refractivity (Wildman–Crippen MR) is 119 cm³/mol. The fourth-order valence-corrected chi connectivity index (χ4v) is 4.51. The molecule has 0 bridgehead atoms. The lowest BCUT2D eigenvalue weighted by atomic mass is 9.78. The number of anilines is 2. The Morgan fingerprint density at radius 2 is 1.97 bits per heavy atom. The lowest BCUT2D eigenvalue weighted by molar-refractivity contribution is 0.0148. The molecule has 2 aliphatic rings. The molecule has 5 rings (SSSR count). The molecule has 1 aliphatic heterocycles. The first kappa shape index (κ1) is 20.4. The number of nitrogens with zero attached hydrogens (tertiary/aromatic N) is 4. The Hall–Kier alpha value is -3.55. The van der Waals surface area contributed by atoms with E-state index >= 15 is 0 Å². The zero-order valence-corrected chi connectivity index (χ0v) is 17.6. The van der Waals surface area contributed by atoms with Gasteiger partial charge in [-0.1, -0.05) is 18.2 Å². The molecular weight excluding hydrogens is 409 g/mol. The number of benzene rings is 1. The monoisotopic (exact) mass is 433 g/mol. The van der Waals surface area contributed by atoms with Crippen molar-refractivity contribution in [3.8, 4) is 11.1 Å². The number of hydrogen-bond acceptors (Lipinski definition) is 6. The second kappa shape index (κ2) is 8.53. The largest absolute Gasteiger partial charge is 0.441 e. The van der Waals surface area contributed by atoms with E-state index in [0.29, 0.717) is 23.8 Å². The highest BCUT2D eigenvalue weighted by atomic mass is 19.1. The fourth-order valence-electron chi connectivity index (χ4n) is 4.51. The molecule has 0 radical (unpaired) electrons. The van der Waals surface area contributed by atoms with E-state index in [1.807, 2.05) is 18.2 Å². The number of carbonyl (C=O) groups excluding carboxylic acids is 1. The van der Waals surface area contributed by atoms with Crippen molar-refractivity contribution in [3.05, 3.63) is 66.7 Å². The smallest absolute Gasteiger partial charge is 0.416 e. The lowest BCUT2D eigenvalue weighted by Gasteiger charge is -2.35. The number of carbonyl (C=O) groups is 1. The summed E-state index contributed by atoms with van der Waals surface area (Å²) in [6.07, 6.45) is 6.49. The van der Waals surface area contributed by atoms with E-state index in [1.165, 1.54) is 6.07 Å². The average Bonchev–Trinajstić information content (AvgIpc) is 3.16. The molecule has 7 nitrogen and oxygen atoms in total. The van der Waals surface area contributed by atoms with Crippen LogP contribution in [0.3, 0.4) is 0 Å². The summed E-state index contributed by atoms with van der Waals surface area (Å²) in [5, 5.41) is 11.3. The van der Waals surface area contributed by atoms with Gasteiger partial charge in [0.05, 0.1) is 6.54 Å². The third kappa shape index (κ3) is 4.12. The van der Waals surface area contributed by atoms with Crippen LogP contribution in [0.2, 0.25) is 0 Å². The molecule has 1 saturated heterocycles. The summed E-state index contributed by atoms with van der Waals surface area (Å²) in [7, 11) is 0. The van der Waals surface area contributed by atoms with Crippen LogP contribution < -0.4 is 10.2 Å². The van der Waals surface area contributed by atoms with Crippen molar-refractivity contribution in [1.82, 2.24) is 15.2 Å². The second-order valence-electron chi connectivity index (χ2n) is 8.46. The zero-order chi connectivity index (χ0) is 22.0. The second-order valence-corrected chi connectivity index (χ2v) is 8.46. The van der Waals surface area contributed by atoms with Gasteiger partial charge in [0, 0.05) is 30.1 Å². The van der Waals surface area contributed by atoms with Crippen molar-refractivity contribution in [2.45, 2.75) is 31.3 Å². The van der Waals surface area contributed by atoms with Crippen molar-refractivity contribution in [2.75, 3.05) is 23.3 Å². The van der Waals surface area contributed by atoms with E-state index in [-0.39, 0.29) is 11.9 Å². The summed E-state index contributed by atoms with van der Waals surface area (Å²) >= 11 is 0. The third-order valence-corrected chi connectivity index (χ3v) is 6.34. The van der Waals surface area contributed by atoms with Crippen LogP contribution in [0.25, 0.3) is 11.1 Å². The van der Waals surface area contributed by atoms with Crippen molar-refractivity contribution in [1.29, 1.82) is 0 Å².